The Kier molecular flexibility index (Phi) is 6.24. The quantitative estimate of drug-likeness (QED) is 0.819. The molecule has 3 nitrogen and oxygen atoms in total. The zero-order chi connectivity index (χ0) is 16.7. The van der Waals surface area contributed by atoms with E-state index >= 15 is 0 Å². The van der Waals surface area contributed by atoms with Crippen LogP contribution in [0.2, 0.25) is 0 Å². The Morgan fingerprint density at radius 2 is 1.70 bits per heavy atom. The highest BCUT2D eigenvalue weighted by atomic mass is 16.5. The molecule has 0 spiro atoms. The van der Waals surface area contributed by atoms with Gasteiger partial charge in [-0.15, -0.1) is 0 Å². The van der Waals surface area contributed by atoms with Gasteiger partial charge in [-0.3, -0.25) is 0 Å². The molecule has 122 valence electrons. The van der Waals surface area contributed by atoms with Crippen molar-refractivity contribution in [2.24, 2.45) is 0 Å². The Morgan fingerprint density at radius 1 is 0.957 bits per heavy atom. The van der Waals surface area contributed by atoms with Crippen LogP contribution in [-0.2, 0) is 0 Å². The van der Waals surface area contributed by atoms with Gasteiger partial charge in [0.1, 0.15) is 11.5 Å². The summed E-state index contributed by atoms with van der Waals surface area (Å²) >= 11 is 0. The molecule has 0 heterocycles. The summed E-state index contributed by atoms with van der Waals surface area (Å²) in [4.78, 5) is 0. The number of methoxy groups -OCH3 is 2. The van der Waals surface area contributed by atoms with Crippen LogP contribution in [0, 0.1) is 0 Å². The summed E-state index contributed by atoms with van der Waals surface area (Å²) in [5.41, 5.74) is 2.29. The SMILES string of the molecule is COc1ccc(OC)c([C@@H](C)N[C@H](C)/C=C/c2ccccc2)c1. The Balaban J connectivity index is 2.06. The first kappa shape index (κ1) is 17.1. The van der Waals surface area contributed by atoms with E-state index in [0.29, 0.717) is 0 Å². The summed E-state index contributed by atoms with van der Waals surface area (Å²) in [6, 6.07) is 16.6. The Hall–Kier alpha value is -2.26. The number of nitrogens with one attached hydrogen (secondary N) is 1. The molecular formula is C20H25NO2. The highest BCUT2D eigenvalue weighted by Crippen LogP contribution is 2.29. The summed E-state index contributed by atoms with van der Waals surface area (Å²) in [7, 11) is 3.37. The van der Waals surface area contributed by atoms with Crippen molar-refractivity contribution < 1.29 is 9.47 Å². The third-order valence-corrected chi connectivity index (χ3v) is 3.79. The number of hydrogen-bond donors (Lipinski definition) is 1. The second-order valence-electron chi connectivity index (χ2n) is 5.55. The fourth-order valence-electron chi connectivity index (χ4n) is 2.54. The van der Waals surface area contributed by atoms with Crippen molar-refractivity contribution in [3.8, 4) is 11.5 Å². The van der Waals surface area contributed by atoms with Gasteiger partial charge in [0, 0.05) is 17.6 Å². The monoisotopic (exact) mass is 311 g/mol. The molecule has 0 saturated carbocycles. The lowest BCUT2D eigenvalue weighted by atomic mass is 10.1. The molecule has 0 aliphatic carbocycles. The molecule has 0 saturated heterocycles. The van der Waals surface area contributed by atoms with Crippen LogP contribution in [0.3, 0.4) is 0 Å². The molecule has 2 atom stereocenters. The lowest BCUT2D eigenvalue weighted by molar-refractivity contribution is 0.390. The molecule has 0 aliphatic heterocycles. The van der Waals surface area contributed by atoms with E-state index in [1.165, 1.54) is 5.56 Å². The van der Waals surface area contributed by atoms with Crippen LogP contribution in [0.5, 0.6) is 11.5 Å². The summed E-state index contributed by atoms with van der Waals surface area (Å²) in [6.07, 6.45) is 4.30. The number of benzene rings is 2. The van der Waals surface area contributed by atoms with Gasteiger partial charge in [-0.05, 0) is 37.6 Å². The van der Waals surface area contributed by atoms with Crippen molar-refractivity contribution in [3.05, 3.63) is 65.7 Å². The third kappa shape index (κ3) is 4.86. The van der Waals surface area contributed by atoms with Gasteiger partial charge in [-0.1, -0.05) is 42.5 Å². The van der Waals surface area contributed by atoms with E-state index in [-0.39, 0.29) is 12.1 Å². The summed E-state index contributed by atoms with van der Waals surface area (Å²) in [5, 5.41) is 3.57. The smallest absolute Gasteiger partial charge is 0.123 e. The predicted octanol–water partition coefficient (Wildman–Crippen LogP) is 4.46. The lowest BCUT2D eigenvalue weighted by Crippen LogP contribution is -2.27. The average molecular weight is 311 g/mol. The second-order valence-corrected chi connectivity index (χ2v) is 5.55. The summed E-state index contributed by atoms with van der Waals surface area (Å²) < 4.78 is 10.8. The largest absolute Gasteiger partial charge is 0.497 e. The molecule has 2 aromatic carbocycles. The van der Waals surface area contributed by atoms with Gasteiger partial charge in [-0.25, -0.2) is 0 Å². The summed E-state index contributed by atoms with van der Waals surface area (Å²) in [5.74, 6) is 1.70. The maximum absolute atomic E-state index is 5.46. The van der Waals surface area contributed by atoms with Crippen LogP contribution in [0.15, 0.2) is 54.6 Å². The van der Waals surface area contributed by atoms with Crippen LogP contribution in [-0.4, -0.2) is 20.3 Å². The van der Waals surface area contributed by atoms with Gasteiger partial charge < -0.3 is 14.8 Å². The fraction of sp³-hybridized carbons (Fsp3) is 0.300. The van der Waals surface area contributed by atoms with Crippen molar-refractivity contribution in [1.82, 2.24) is 5.32 Å². The first-order valence-electron chi connectivity index (χ1n) is 7.85. The molecule has 2 rings (SSSR count). The van der Waals surface area contributed by atoms with Gasteiger partial charge in [-0.2, -0.15) is 0 Å². The molecular weight excluding hydrogens is 286 g/mol. The average Bonchev–Trinajstić information content (AvgIpc) is 2.60. The molecule has 1 N–H and O–H groups in total. The zero-order valence-electron chi connectivity index (χ0n) is 14.2. The van der Waals surface area contributed by atoms with Gasteiger partial charge in [0.15, 0.2) is 0 Å². The standard InChI is InChI=1S/C20H25NO2/c1-15(10-11-17-8-6-5-7-9-17)21-16(2)19-14-18(22-3)12-13-20(19)23-4/h5-16,21H,1-4H3/b11-10+/t15-,16-/m1/s1. The minimum absolute atomic E-state index is 0.149. The lowest BCUT2D eigenvalue weighted by Gasteiger charge is -2.21. The van der Waals surface area contributed by atoms with E-state index in [1.54, 1.807) is 14.2 Å². The molecule has 0 bridgehead atoms. The van der Waals surface area contributed by atoms with Crippen LogP contribution >= 0.6 is 0 Å². The highest BCUT2D eigenvalue weighted by molar-refractivity contribution is 5.49. The van der Waals surface area contributed by atoms with E-state index in [1.807, 2.05) is 36.4 Å². The van der Waals surface area contributed by atoms with Crippen molar-refractivity contribution in [2.75, 3.05) is 14.2 Å². The maximum atomic E-state index is 5.46. The van der Waals surface area contributed by atoms with Crippen LogP contribution in [0.25, 0.3) is 6.08 Å². The van der Waals surface area contributed by atoms with Crippen molar-refractivity contribution in [1.29, 1.82) is 0 Å². The molecule has 0 aromatic heterocycles. The molecule has 0 aliphatic rings. The first-order valence-corrected chi connectivity index (χ1v) is 7.85. The first-order chi connectivity index (χ1) is 11.1. The minimum atomic E-state index is 0.149. The van der Waals surface area contributed by atoms with Crippen LogP contribution in [0.1, 0.15) is 31.0 Å². The minimum Gasteiger partial charge on any atom is -0.497 e. The highest BCUT2D eigenvalue weighted by Gasteiger charge is 2.14. The van der Waals surface area contributed by atoms with Crippen LogP contribution < -0.4 is 14.8 Å². The number of hydrogen-bond acceptors (Lipinski definition) is 3. The van der Waals surface area contributed by atoms with Gasteiger partial charge in [0.25, 0.3) is 0 Å². The third-order valence-electron chi connectivity index (χ3n) is 3.79. The molecule has 2 aromatic rings. The van der Waals surface area contributed by atoms with Gasteiger partial charge >= 0.3 is 0 Å². The molecule has 0 radical (unpaired) electrons. The van der Waals surface area contributed by atoms with Gasteiger partial charge in [0.2, 0.25) is 0 Å². The van der Waals surface area contributed by atoms with E-state index in [2.05, 4.69) is 43.4 Å². The topological polar surface area (TPSA) is 30.5 Å². The van der Waals surface area contributed by atoms with Crippen molar-refractivity contribution >= 4 is 6.08 Å². The zero-order valence-corrected chi connectivity index (χ0v) is 14.2. The fourth-order valence-corrected chi connectivity index (χ4v) is 2.54. The molecule has 3 heteroatoms. The van der Waals surface area contributed by atoms with Crippen molar-refractivity contribution in [2.45, 2.75) is 25.9 Å². The molecule has 23 heavy (non-hydrogen) atoms. The van der Waals surface area contributed by atoms with E-state index in [4.69, 9.17) is 9.47 Å². The molecule has 0 fully saturated rings. The second kappa shape index (κ2) is 8.39. The van der Waals surface area contributed by atoms with E-state index < -0.39 is 0 Å². The Morgan fingerprint density at radius 3 is 2.35 bits per heavy atom. The van der Waals surface area contributed by atoms with Crippen LogP contribution in [0.4, 0.5) is 0 Å². The number of rotatable bonds is 7. The summed E-state index contributed by atoms with van der Waals surface area (Å²) in [6.45, 7) is 4.27. The number of ether oxygens (including phenoxy) is 2. The maximum Gasteiger partial charge on any atom is 0.123 e. The Labute approximate surface area is 138 Å². The van der Waals surface area contributed by atoms with E-state index in [0.717, 1.165) is 17.1 Å². The van der Waals surface area contributed by atoms with Gasteiger partial charge in [0.05, 0.1) is 14.2 Å². The molecule has 0 unspecified atom stereocenters. The normalized spacial score (nSPS) is 13.7. The van der Waals surface area contributed by atoms with E-state index in [9.17, 15) is 0 Å². The molecule has 0 amide bonds. The van der Waals surface area contributed by atoms with Crippen molar-refractivity contribution in [3.63, 3.8) is 0 Å². The predicted molar refractivity (Wildman–Crippen MR) is 96.0 cm³/mol. The Bertz CT molecular complexity index is 637.